The highest BCUT2D eigenvalue weighted by Gasteiger charge is 2.32. The Bertz CT molecular complexity index is 203. The zero-order valence-corrected chi connectivity index (χ0v) is 8.90. The summed E-state index contributed by atoms with van der Waals surface area (Å²) in [4.78, 5) is 11.4. The second-order valence-electron chi connectivity index (χ2n) is 4.15. The van der Waals surface area contributed by atoms with Crippen molar-refractivity contribution >= 4 is 17.7 Å². The molecule has 0 aliphatic heterocycles. The lowest BCUT2D eigenvalue weighted by molar-refractivity contribution is -0.122. The van der Waals surface area contributed by atoms with Crippen molar-refractivity contribution in [1.29, 1.82) is 0 Å². The molecule has 2 aliphatic rings. The van der Waals surface area contributed by atoms with Crippen molar-refractivity contribution in [1.82, 2.24) is 5.32 Å². The molecule has 13 heavy (non-hydrogen) atoms. The zero-order chi connectivity index (χ0) is 9.26. The predicted octanol–water partition coefficient (Wildman–Crippen LogP) is 1.80. The van der Waals surface area contributed by atoms with Gasteiger partial charge in [-0.2, -0.15) is 11.8 Å². The number of hydrogen-bond acceptors (Lipinski definition) is 2. The lowest BCUT2D eigenvalue weighted by Gasteiger charge is -2.11. The number of amides is 1. The van der Waals surface area contributed by atoms with Crippen molar-refractivity contribution in [3.63, 3.8) is 0 Å². The fourth-order valence-electron chi connectivity index (χ4n) is 1.95. The molecular weight excluding hydrogens is 182 g/mol. The lowest BCUT2D eigenvalue weighted by atomic mass is 10.2. The van der Waals surface area contributed by atoms with E-state index in [0.29, 0.717) is 17.9 Å². The van der Waals surface area contributed by atoms with E-state index in [2.05, 4.69) is 11.6 Å². The molecule has 2 nitrogen and oxygen atoms in total. The van der Waals surface area contributed by atoms with Crippen LogP contribution in [0.15, 0.2) is 0 Å². The van der Waals surface area contributed by atoms with Crippen molar-refractivity contribution in [2.75, 3.05) is 6.26 Å². The van der Waals surface area contributed by atoms with E-state index in [1.165, 1.54) is 19.3 Å². The highest BCUT2D eigenvalue weighted by atomic mass is 32.2. The third-order valence-corrected chi connectivity index (χ3v) is 4.11. The number of carbonyl (C=O) groups is 1. The molecule has 1 amide bonds. The molecular formula is C10H17NOS. The first kappa shape index (κ1) is 9.38. The second-order valence-corrected chi connectivity index (χ2v) is 5.29. The van der Waals surface area contributed by atoms with E-state index < -0.39 is 0 Å². The first-order valence-electron chi connectivity index (χ1n) is 5.12. The number of rotatable bonds is 3. The summed E-state index contributed by atoms with van der Waals surface area (Å²) in [7, 11) is 0. The van der Waals surface area contributed by atoms with Crippen molar-refractivity contribution in [3.05, 3.63) is 0 Å². The van der Waals surface area contributed by atoms with Gasteiger partial charge in [-0.15, -0.1) is 0 Å². The largest absolute Gasteiger partial charge is 0.353 e. The Kier molecular flexibility index (Phi) is 2.82. The summed E-state index contributed by atoms with van der Waals surface area (Å²) in [6.45, 7) is 0. The normalized spacial score (nSPS) is 33.3. The number of carbonyl (C=O) groups excluding carboxylic acids is 1. The van der Waals surface area contributed by atoms with Crippen LogP contribution >= 0.6 is 11.8 Å². The van der Waals surface area contributed by atoms with Gasteiger partial charge in [-0.1, -0.05) is 0 Å². The second kappa shape index (κ2) is 3.91. The number of hydrogen-bond donors (Lipinski definition) is 1. The van der Waals surface area contributed by atoms with Gasteiger partial charge in [-0.3, -0.25) is 4.79 Å². The van der Waals surface area contributed by atoms with Crippen LogP contribution in [-0.4, -0.2) is 23.5 Å². The molecule has 0 bridgehead atoms. The molecule has 0 radical (unpaired) electrons. The minimum atomic E-state index is 0.312. The van der Waals surface area contributed by atoms with Crippen LogP contribution in [0.1, 0.15) is 32.1 Å². The molecule has 0 spiro atoms. The molecule has 0 aromatic heterocycles. The lowest BCUT2D eigenvalue weighted by Crippen LogP contribution is -2.34. The molecule has 2 rings (SSSR count). The molecule has 2 aliphatic carbocycles. The van der Waals surface area contributed by atoms with Gasteiger partial charge >= 0.3 is 0 Å². The predicted molar refractivity (Wildman–Crippen MR) is 55.8 cm³/mol. The van der Waals surface area contributed by atoms with Crippen molar-refractivity contribution in [2.45, 2.75) is 43.4 Å². The Morgan fingerprint density at radius 3 is 2.62 bits per heavy atom. The van der Waals surface area contributed by atoms with Crippen LogP contribution in [0, 0.1) is 5.92 Å². The summed E-state index contributed by atoms with van der Waals surface area (Å²) in [5.74, 6) is 0.681. The van der Waals surface area contributed by atoms with Crippen LogP contribution in [0.25, 0.3) is 0 Å². The first-order valence-corrected chi connectivity index (χ1v) is 6.41. The van der Waals surface area contributed by atoms with Crippen LogP contribution in [-0.2, 0) is 4.79 Å². The van der Waals surface area contributed by atoms with Crippen molar-refractivity contribution < 1.29 is 4.79 Å². The Labute approximate surface area is 83.8 Å². The van der Waals surface area contributed by atoms with Crippen LogP contribution in [0.4, 0.5) is 0 Å². The molecule has 3 heteroatoms. The molecule has 0 heterocycles. The van der Waals surface area contributed by atoms with Crippen LogP contribution in [0.2, 0.25) is 0 Å². The molecule has 0 aromatic carbocycles. The molecule has 0 aromatic rings. The standard InChI is InChI=1S/C10H17NOS/c1-13-9-5-4-8(6-9)11-10(12)7-2-3-7/h7-9H,2-6H2,1H3,(H,11,12). The topological polar surface area (TPSA) is 29.1 Å². The van der Waals surface area contributed by atoms with Crippen molar-refractivity contribution in [3.8, 4) is 0 Å². The SMILES string of the molecule is CSC1CCC(NC(=O)C2CC2)C1. The molecule has 74 valence electrons. The summed E-state index contributed by atoms with van der Waals surface area (Å²) >= 11 is 1.94. The highest BCUT2D eigenvalue weighted by Crippen LogP contribution is 2.31. The van der Waals surface area contributed by atoms with E-state index in [1.807, 2.05) is 11.8 Å². The first-order chi connectivity index (χ1) is 6.29. The smallest absolute Gasteiger partial charge is 0.223 e. The molecule has 2 atom stereocenters. The molecule has 2 saturated carbocycles. The van der Waals surface area contributed by atoms with E-state index in [4.69, 9.17) is 0 Å². The van der Waals surface area contributed by atoms with Gasteiger partial charge < -0.3 is 5.32 Å². The maximum Gasteiger partial charge on any atom is 0.223 e. The Morgan fingerprint density at radius 2 is 2.08 bits per heavy atom. The average Bonchev–Trinajstić information content (AvgIpc) is 2.88. The maximum absolute atomic E-state index is 11.4. The third kappa shape index (κ3) is 2.39. The van der Waals surface area contributed by atoms with E-state index >= 15 is 0 Å². The molecule has 0 saturated heterocycles. The zero-order valence-electron chi connectivity index (χ0n) is 8.08. The average molecular weight is 199 g/mol. The number of thioether (sulfide) groups is 1. The van der Waals surface area contributed by atoms with Gasteiger partial charge in [0.15, 0.2) is 0 Å². The molecule has 1 N–H and O–H groups in total. The molecule has 2 unspecified atom stereocenters. The van der Waals surface area contributed by atoms with E-state index in [-0.39, 0.29) is 0 Å². The quantitative estimate of drug-likeness (QED) is 0.751. The Hall–Kier alpha value is -0.180. The van der Waals surface area contributed by atoms with Gasteiger partial charge in [-0.05, 0) is 38.4 Å². The van der Waals surface area contributed by atoms with Gasteiger partial charge in [-0.25, -0.2) is 0 Å². The van der Waals surface area contributed by atoms with Crippen LogP contribution in [0.3, 0.4) is 0 Å². The summed E-state index contributed by atoms with van der Waals surface area (Å²) in [5, 5.41) is 3.93. The minimum absolute atomic E-state index is 0.312. The van der Waals surface area contributed by atoms with Crippen LogP contribution < -0.4 is 5.32 Å². The third-order valence-electron chi connectivity index (χ3n) is 3.01. The Balaban J connectivity index is 1.73. The summed E-state index contributed by atoms with van der Waals surface area (Å²) in [6, 6.07) is 0.477. The van der Waals surface area contributed by atoms with Crippen LogP contribution in [0.5, 0.6) is 0 Å². The van der Waals surface area contributed by atoms with E-state index in [1.54, 1.807) is 0 Å². The van der Waals surface area contributed by atoms with E-state index in [9.17, 15) is 4.79 Å². The van der Waals surface area contributed by atoms with E-state index in [0.717, 1.165) is 18.1 Å². The minimum Gasteiger partial charge on any atom is -0.353 e. The summed E-state index contributed by atoms with van der Waals surface area (Å²) in [6.07, 6.45) is 8.03. The van der Waals surface area contributed by atoms with Gasteiger partial charge in [0.2, 0.25) is 5.91 Å². The maximum atomic E-state index is 11.4. The van der Waals surface area contributed by atoms with Gasteiger partial charge in [0.25, 0.3) is 0 Å². The summed E-state index contributed by atoms with van der Waals surface area (Å²) in [5.41, 5.74) is 0. The van der Waals surface area contributed by atoms with Crippen molar-refractivity contribution in [2.24, 2.45) is 5.92 Å². The van der Waals surface area contributed by atoms with Gasteiger partial charge in [0.1, 0.15) is 0 Å². The number of nitrogens with one attached hydrogen (secondary N) is 1. The van der Waals surface area contributed by atoms with Gasteiger partial charge in [0, 0.05) is 17.2 Å². The highest BCUT2D eigenvalue weighted by molar-refractivity contribution is 7.99. The fraction of sp³-hybridized carbons (Fsp3) is 0.900. The fourth-order valence-corrected chi connectivity index (χ4v) is 2.75. The van der Waals surface area contributed by atoms with Gasteiger partial charge in [0.05, 0.1) is 0 Å². The summed E-state index contributed by atoms with van der Waals surface area (Å²) < 4.78 is 0. The Morgan fingerprint density at radius 1 is 1.31 bits per heavy atom. The molecule has 2 fully saturated rings. The monoisotopic (exact) mass is 199 g/mol.